The van der Waals surface area contributed by atoms with Crippen LogP contribution >= 0.6 is 23.4 Å². The fourth-order valence-corrected chi connectivity index (χ4v) is 4.16. The number of halogens is 1. The number of thioether (sulfide) groups is 1. The number of amides is 1. The zero-order chi connectivity index (χ0) is 18.1. The van der Waals surface area contributed by atoms with Gasteiger partial charge in [-0.2, -0.15) is 0 Å². The van der Waals surface area contributed by atoms with Gasteiger partial charge in [-0.1, -0.05) is 53.2 Å². The Morgan fingerprint density at radius 3 is 2.65 bits per heavy atom. The Kier molecular flexibility index (Phi) is 5.00. The molecule has 2 atom stereocenters. The molecule has 0 spiro atoms. The van der Waals surface area contributed by atoms with E-state index < -0.39 is 0 Å². The number of aryl methyl sites for hydroxylation is 1. The van der Waals surface area contributed by atoms with Crippen LogP contribution in [0.2, 0.25) is 5.02 Å². The Morgan fingerprint density at radius 1 is 1.19 bits per heavy atom. The third-order valence-electron chi connectivity index (χ3n) is 4.50. The van der Waals surface area contributed by atoms with Crippen LogP contribution in [-0.2, 0) is 10.5 Å². The predicted octanol–water partition coefficient (Wildman–Crippen LogP) is 3.33. The Morgan fingerprint density at radius 2 is 1.92 bits per heavy atom. The third-order valence-corrected chi connectivity index (χ3v) is 5.78. The van der Waals surface area contributed by atoms with Gasteiger partial charge in [-0.15, -0.1) is 0 Å². The van der Waals surface area contributed by atoms with Crippen molar-refractivity contribution in [3.05, 3.63) is 64.7 Å². The van der Waals surface area contributed by atoms with Crippen LogP contribution in [0.15, 0.2) is 53.5 Å². The molecule has 1 fully saturated rings. The maximum Gasteiger partial charge on any atom is 0.241 e. The number of hydrogen-bond acceptors (Lipinski definition) is 5. The van der Waals surface area contributed by atoms with Crippen LogP contribution in [0.3, 0.4) is 0 Å². The molecule has 2 aromatic rings. The van der Waals surface area contributed by atoms with Crippen LogP contribution < -0.4 is 15.8 Å². The van der Waals surface area contributed by atoms with Gasteiger partial charge >= 0.3 is 0 Å². The number of nitrogens with zero attached hydrogens (tertiary/aromatic N) is 2. The largest absolute Gasteiger partial charge is 0.274 e. The van der Waals surface area contributed by atoms with Crippen LogP contribution in [0.25, 0.3) is 0 Å². The highest BCUT2D eigenvalue weighted by atomic mass is 35.5. The van der Waals surface area contributed by atoms with E-state index in [0.29, 0.717) is 16.7 Å². The lowest BCUT2D eigenvalue weighted by Crippen LogP contribution is -2.49. The van der Waals surface area contributed by atoms with Crippen molar-refractivity contribution in [1.82, 2.24) is 10.9 Å². The first-order valence-corrected chi connectivity index (χ1v) is 9.82. The molecule has 2 heterocycles. The van der Waals surface area contributed by atoms with Crippen molar-refractivity contribution >= 4 is 40.1 Å². The SMILES string of the molecule is Cc1ccc(N2C(=O)C3CNNC3N=C2SCc2ccc(Cl)cc2)cc1. The Balaban J connectivity index is 1.62. The van der Waals surface area contributed by atoms with Crippen LogP contribution in [0.5, 0.6) is 0 Å². The highest BCUT2D eigenvalue weighted by Gasteiger charge is 2.42. The number of benzene rings is 2. The van der Waals surface area contributed by atoms with Gasteiger partial charge in [0.05, 0.1) is 11.6 Å². The standard InChI is InChI=1S/C19H19ClN4OS/c1-12-2-8-15(9-3-12)24-18(25)16-10-21-23-17(16)22-19(24)26-11-13-4-6-14(20)7-5-13/h2-9,16-17,21,23H,10-11H2,1H3. The van der Waals surface area contributed by atoms with Gasteiger partial charge in [0, 0.05) is 17.3 Å². The van der Waals surface area contributed by atoms with E-state index >= 15 is 0 Å². The summed E-state index contributed by atoms with van der Waals surface area (Å²) in [6, 6.07) is 15.7. The number of hydrazine groups is 1. The summed E-state index contributed by atoms with van der Waals surface area (Å²) >= 11 is 7.52. The molecule has 2 aliphatic rings. The lowest BCUT2D eigenvalue weighted by molar-refractivity contribution is -0.121. The van der Waals surface area contributed by atoms with Crippen molar-refractivity contribution in [2.75, 3.05) is 11.4 Å². The Labute approximate surface area is 161 Å². The zero-order valence-electron chi connectivity index (χ0n) is 14.3. The highest BCUT2D eigenvalue weighted by Crippen LogP contribution is 2.30. The van der Waals surface area contributed by atoms with E-state index in [-0.39, 0.29) is 18.0 Å². The van der Waals surface area contributed by atoms with Crippen molar-refractivity contribution in [2.45, 2.75) is 18.8 Å². The summed E-state index contributed by atoms with van der Waals surface area (Å²) in [4.78, 5) is 19.6. The minimum Gasteiger partial charge on any atom is -0.274 e. The summed E-state index contributed by atoms with van der Waals surface area (Å²) in [5.74, 6) is 0.609. The van der Waals surface area contributed by atoms with Crippen molar-refractivity contribution in [3.63, 3.8) is 0 Å². The Hall–Kier alpha value is -1.86. The van der Waals surface area contributed by atoms with E-state index in [4.69, 9.17) is 16.6 Å². The number of anilines is 1. The molecule has 1 saturated heterocycles. The predicted molar refractivity (Wildman–Crippen MR) is 107 cm³/mol. The molecule has 0 saturated carbocycles. The maximum atomic E-state index is 13.1. The average Bonchev–Trinajstić information content (AvgIpc) is 3.11. The third kappa shape index (κ3) is 3.50. The van der Waals surface area contributed by atoms with E-state index in [2.05, 4.69) is 10.9 Å². The number of carbonyl (C=O) groups excluding carboxylic acids is 1. The highest BCUT2D eigenvalue weighted by molar-refractivity contribution is 8.13. The number of carbonyl (C=O) groups is 1. The molecule has 2 aliphatic heterocycles. The van der Waals surface area contributed by atoms with E-state index in [1.54, 1.807) is 16.7 Å². The van der Waals surface area contributed by atoms with E-state index in [1.807, 2.05) is 55.5 Å². The van der Waals surface area contributed by atoms with Gasteiger partial charge in [-0.25, -0.2) is 10.4 Å². The summed E-state index contributed by atoms with van der Waals surface area (Å²) in [5, 5.41) is 1.43. The van der Waals surface area contributed by atoms with E-state index in [0.717, 1.165) is 22.6 Å². The molecule has 0 aromatic heterocycles. The topological polar surface area (TPSA) is 56.7 Å². The van der Waals surface area contributed by atoms with Crippen molar-refractivity contribution in [3.8, 4) is 0 Å². The molecule has 134 valence electrons. The minimum absolute atomic E-state index is 0.0740. The summed E-state index contributed by atoms with van der Waals surface area (Å²) in [6.45, 7) is 2.62. The van der Waals surface area contributed by atoms with Crippen molar-refractivity contribution in [2.24, 2.45) is 10.9 Å². The number of fused-ring (bicyclic) bond motifs is 1. The van der Waals surface area contributed by atoms with Crippen molar-refractivity contribution in [1.29, 1.82) is 0 Å². The lowest BCUT2D eigenvalue weighted by Gasteiger charge is -2.32. The molecule has 0 bridgehead atoms. The first-order chi connectivity index (χ1) is 12.6. The molecule has 4 rings (SSSR count). The zero-order valence-corrected chi connectivity index (χ0v) is 15.8. The second kappa shape index (κ2) is 7.40. The smallest absolute Gasteiger partial charge is 0.241 e. The molecule has 0 aliphatic carbocycles. The van der Waals surface area contributed by atoms with Gasteiger partial charge < -0.3 is 0 Å². The average molecular weight is 387 g/mol. The monoisotopic (exact) mass is 386 g/mol. The molecule has 5 nitrogen and oxygen atoms in total. The molecule has 7 heteroatoms. The molecule has 1 amide bonds. The number of aliphatic imine (C=N–C) groups is 1. The van der Waals surface area contributed by atoms with Gasteiger partial charge in [0.15, 0.2) is 5.17 Å². The second-order valence-electron chi connectivity index (χ2n) is 6.41. The minimum atomic E-state index is -0.211. The van der Waals surface area contributed by atoms with Crippen LogP contribution in [0.4, 0.5) is 5.69 Å². The first kappa shape index (κ1) is 17.5. The van der Waals surface area contributed by atoms with Gasteiger partial charge in [0.2, 0.25) is 5.91 Å². The van der Waals surface area contributed by atoms with Crippen LogP contribution in [-0.4, -0.2) is 23.8 Å². The quantitative estimate of drug-likeness (QED) is 0.849. The number of amidine groups is 1. The molecule has 2 unspecified atom stereocenters. The Bertz CT molecular complexity index is 838. The summed E-state index contributed by atoms with van der Waals surface area (Å²) in [6.07, 6.45) is -0.211. The molecule has 2 aromatic carbocycles. The maximum absolute atomic E-state index is 13.1. The molecular formula is C19H19ClN4OS. The van der Waals surface area contributed by atoms with Crippen molar-refractivity contribution < 1.29 is 4.79 Å². The molecule has 2 N–H and O–H groups in total. The van der Waals surface area contributed by atoms with Gasteiger partial charge in [-0.3, -0.25) is 15.1 Å². The fraction of sp³-hybridized carbons (Fsp3) is 0.263. The lowest BCUT2D eigenvalue weighted by atomic mass is 10.0. The van der Waals surface area contributed by atoms with Crippen LogP contribution in [0, 0.1) is 12.8 Å². The van der Waals surface area contributed by atoms with Gasteiger partial charge in [0.25, 0.3) is 0 Å². The summed E-state index contributed by atoms with van der Waals surface area (Å²) in [7, 11) is 0. The molecule has 26 heavy (non-hydrogen) atoms. The molecular weight excluding hydrogens is 368 g/mol. The summed E-state index contributed by atoms with van der Waals surface area (Å²) < 4.78 is 0. The van der Waals surface area contributed by atoms with E-state index in [1.165, 1.54) is 0 Å². The van der Waals surface area contributed by atoms with Crippen LogP contribution in [0.1, 0.15) is 11.1 Å². The first-order valence-electron chi connectivity index (χ1n) is 8.46. The normalized spacial score (nSPS) is 22.3. The number of rotatable bonds is 3. The van der Waals surface area contributed by atoms with E-state index in [9.17, 15) is 4.79 Å². The number of hydrogen-bond donors (Lipinski definition) is 2. The second-order valence-corrected chi connectivity index (χ2v) is 7.79. The fourth-order valence-electron chi connectivity index (χ4n) is 3.03. The van der Waals surface area contributed by atoms with Gasteiger partial charge in [0.1, 0.15) is 6.17 Å². The number of nitrogens with one attached hydrogen (secondary N) is 2. The molecule has 0 radical (unpaired) electrons. The van der Waals surface area contributed by atoms with Gasteiger partial charge in [-0.05, 0) is 36.8 Å². The summed E-state index contributed by atoms with van der Waals surface area (Å²) in [5.41, 5.74) is 9.29.